The molecule has 0 radical (unpaired) electrons. The van der Waals surface area contributed by atoms with Crippen molar-refractivity contribution >= 4 is 17.8 Å². The lowest BCUT2D eigenvalue weighted by Gasteiger charge is -2.14. The molecule has 5 N–H and O–H groups in total. The molecule has 0 bridgehead atoms. The Morgan fingerprint density at radius 2 is 1.84 bits per heavy atom. The lowest BCUT2D eigenvalue weighted by molar-refractivity contribution is -0.142. The second-order valence-corrected chi connectivity index (χ2v) is 4.68. The highest BCUT2D eigenvalue weighted by Crippen LogP contribution is 1.99. The van der Waals surface area contributed by atoms with Gasteiger partial charge in [0.25, 0.3) is 0 Å². The van der Waals surface area contributed by atoms with Crippen molar-refractivity contribution in [3.63, 3.8) is 0 Å². The van der Waals surface area contributed by atoms with E-state index in [-0.39, 0.29) is 25.2 Å². The summed E-state index contributed by atoms with van der Waals surface area (Å²) in [5.41, 5.74) is 4.95. The molecule has 0 aromatic rings. The van der Waals surface area contributed by atoms with Gasteiger partial charge in [-0.1, -0.05) is 13.8 Å². The van der Waals surface area contributed by atoms with Gasteiger partial charge in [-0.3, -0.25) is 9.59 Å². The van der Waals surface area contributed by atoms with Gasteiger partial charge in [0.05, 0.1) is 0 Å². The third kappa shape index (κ3) is 10.0. The summed E-state index contributed by atoms with van der Waals surface area (Å²) >= 11 is 0. The van der Waals surface area contributed by atoms with Gasteiger partial charge >= 0.3 is 5.97 Å². The van der Waals surface area contributed by atoms with E-state index in [9.17, 15) is 14.4 Å². The van der Waals surface area contributed by atoms with Crippen molar-refractivity contribution in [2.24, 2.45) is 5.73 Å². The molecule has 19 heavy (non-hydrogen) atoms. The number of nitrogens with two attached hydrogens (primary N) is 1. The van der Waals surface area contributed by atoms with Crippen LogP contribution in [-0.2, 0) is 14.4 Å². The first-order valence-electron chi connectivity index (χ1n) is 6.36. The molecule has 0 rings (SSSR count). The summed E-state index contributed by atoms with van der Waals surface area (Å²) in [7, 11) is 0. The molecule has 0 aromatic heterocycles. The Morgan fingerprint density at radius 3 is 2.32 bits per heavy atom. The molecular weight excluding hydrogens is 250 g/mol. The molecule has 110 valence electrons. The molecule has 0 fully saturated rings. The Morgan fingerprint density at radius 1 is 1.21 bits per heavy atom. The largest absolute Gasteiger partial charge is 0.480 e. The maximum absolute atomic E-state index is 11.5. The van der Waals surface area contributed by atoms with E-state index in [0.717, 1.165) is 0 Å². The molecule has 1 atom stereocenters. The van der Waals surface area contributed by atoms with E-state index in [4.69, 9.17) is 10.8 Å². The van der Waals surface area contributed by atoms with Crippen LogP contribution in [-0.4, -0.2) is 41.5 Å². The fourth-order valence-electron chi connectivity index (χ4n) is 1.45. The zero-order valence-corrected chi connectivity index (χ0v) is 11.4. The molecular formula is C12H23N3O4. The minimum Gasteiger partial charge on any atom is -0.480 e. The summed E-state index contributed by atoms with van der Waals surface area (Å²) in [5, 5.41) is 14.4. The van der Waals surface area contributed by atoms with E-state index in [0.29, 0.717) is 19.0 Å². The topological polar surface area (TPSA) is 122 Å². The van der Waals surface area contributed by atoms with Crippen molar-refractivity contribution in [3.05, 3.63) is 0 Å². The molecule has 0 aromatic carbocycles. The van der Waals surface area contributed by atoms with Gasteiger partial charge in [-0.2, -0.15) is 0 Å². The van der Waals surface area contributed by atoms with Crippen LogP contribution in [0.1, 0.15) is 39.5 Å². The number of hydrogen-bond acceptors (Lipinski definition) is 4. The van der Waals surface area contributed by atoms with Gasteiger partial charge in [0.2, 0.25) is 11.8 Å². The van der Waals surface area contributed by atoms with Gasteiger partial charge < -0.3 is 21.5 Å². The molecule has 2 amide bonds. The van der Waals surface area contributed by atoms with Gasteiger partial charge in [0.1, 0.15) is 6.04 Å². The second-order valence-electron chi connectivity index (χ2n) is 4.68. The molecule has 0 aliphatic carbocycles. The Kier molecular flexibility index (Phi) is 8.52. The quantitative estimate of drug-likeness (QED) is 0.403. The number of hydrogen-bond donors (Lipinski definition) is 4. The van der Waals surface area contributed by atoms with E-state index in [1.807, 2.05) is 13.8 Å². The molecule has 0 unspecified atom stereocenters. The highest BCUT2D eigenvalue weighted by Gasteiger charge is 2.20. The lowest BCUT2D eigenvalue weighted by Crippen LogP contribution is -2.41. The van der Waals surface area contributed by atoms with Crippen LogP contribution < -0.4 is 16.4 Å². The predicted molar refractivity (Wildman–Crippen MR) is 70.4 cm³/mol. The average molecular weight is 273 g/mol. The number of nitrogens with one attached hydrogen (secondary N) is 2. The van der Waals surface area contributed by atoms with Crippen LogP contribution in [0.5, 0.6) is 0 Å². The molecule has 0 heterocycles. The van der Waals surface area contributed by atoms with Gasteiger partial charge in [0.15, 0.2) is 0 Å². The van der Waals surface area contributed by atoms with E-state index in [2.05, 4.69) is 10.6 Å². The van der Waals surface area contributed by atoms with Crippen molar-refractivity contribution in [3.8, 4) is 0 Å². The van der Waals surface area contributed by atoms with Gasteiger partial charge in [-0.25, -0.2) is 4.79 Å². The number of aliphatic carboxylic acids is 1. The van der Waals surface area contributed by atoms with Crippen molar-refractivity contribution in [1.82, 2.24) is 10.6 Å². The molecule has 0 saturated carbocycles. The van der Waals surface area contributed by atoms with Gasteiger partial charge in [-0.05, 0) is 19.4 Å². The number of rotatable bonds is 10. The first-order valence-corrected chi connectivity index (χ1v) is 6.36. The number of carboxylic acid groups (broad SMARTS) is 1. The molecule has 0 aliphatic rings. The summed E-state index contributed by atoms with van der Waals surface area (Å²) in [6, 6.07) is -0.705. The van der Waals surface area contributed by atoms with E-state index in [1.54, 1.807) is 0 Å². The zero-order valence-electron chi connectivity index (χ0n) is 11.4. The highest BCUT2D eigenvalue weighted by atomic mass is 16.4. The third-order valence-corrected chi connectivity index (χ3v) is 2.45. The second kappa shape index (κ2) is 9.32. The number of amides is 2. The SMILES string of the molecule is CC(C)NCCCC(=O)N[C@H](CCC(N)=O)C(=O)O. The van der Waals surface area contributed by atoms with E-state index in [1.165, 1.54) is 0 Å². The minimum atomic E-state index is -1.16. The fourth-order valence-corrected chi connectivity index (χ4v) is 1.45. The molecule has 7 nitrogen and oxygen atoms in total. The van der Waals surface area contributed by atoms with Crippen LogP contribution in [0.4, 0.5) is 0 Å². The van der Waals surface area contributed by atoms with Crippen molar-refractivity contribution in [1.29, 1.82) is 0 Å². The summed E-state index contributed by atoms with van der Waals surface area (Å²) in [6.07, 6.45) is 0.832. The van der Waals surface area contributed by atoms with Crippen LogP contribution in [0.15, 0.2) is 0 Å². The number of carbonyl (C=O) groups excluding carboxylic acids is 2. The predicted octanol–water partition coefficient (Wildman–Crippen LogP) is -0.400. The molecule has 0 saturated heterocycles. The Hall–Kier alpha value is -1.63. The molecule has 0 spiro atoms. The minimum absolute atomic E-state index is 0.0145. The Labute approximate surface area is 112 Å². The van der Waals surface area contributed by atoms with E-state index >= 15 is 0 Å². The summed E-state index contributed by atoms with van der Waals surface area (Å²) in [5.74, 6) is -2.07. The third-order valence-electron chi connectivity index (χ3n) is 2.45. The van der Waals surface area contributed by atoms with E-state index < -0.39 is 17.9 Å². The molecule has 7 heteroatoms. The van der Waals surface area contributed by atoms with Crippen LogP contribution in [0, 0.1) is 0 Å². The Balaban J connectivity index is 3.96. The van der Waals surface area contributed by atoms with Crippen LogP contribution in [0.3, 0.4) is 0 Å². The smallest absolute Gasteiger partial charge is 0.326 e. The average Bonchev–Trinajstić information content (AvgIpc) is 2.29. The maximum Gasteiger partial charge on any atom is 0.326 e. The zero-order chi connectivity index (χ0) is 14.8. The maximum atomic E-state index is 11.5. The summed E-state index contributed by atoms with van der Waals surface area (Å²) < 4.78 is 0. The number of carboxylic acids is 1. The standard InChI is InChI=1S/C12H23N3O4/c1-8(2)14-7-3-4-11(17)15-9(12(18)19)5-6-10(13)16/h8-9,14H,3-7H2,1-2H3,(H2,13,16)(H,15,17)(H,18,19)/t9-/m1/s1. The number of carbonyl (C=O) groups is 3. The van der Waals surface area contributed by atoms with Crippen molar-refractivity contribution in [2.45, 2.75) is 51.6 Å². The van der Waals surface area contributed by atoms with Crippen molar-refractivity contribution < 1.29 is 19.5 Å². The number of primary amides is 1. The Bertz CT molecular complexity index is 318. The van der Waals surface area contributed by atoms with Gasteiger partial charge in [-0.15, -0.1) is 0 Å². The lowest BCUT2D eigenvalue weighted by atomic mass is 10.1. The first-order chi connectivity index (χ1) is 8.82. The highest BCUT2D eigenvalue weighted by molar-refractivity contribution is 5.84. The summed E-state index contributed by atoms with van der Waals surface area (Å²) in [4.78, 5) is 33.0. The fraction of sp³-hybridized carbons (Fsp3) is 0.750. The van der Waals surface area contributed by atoms with Crippen LogP contribution >= 0.6 is 0 Å². The van der Waals surface area contributed by atoms with Gasteiger partial charge in [0, 0.05) is 18.9 Å². The normalized spacial score (nSPS) is 12.2. The molecule has 0 aliphatic heterocycles. The first kappa shape index (κ1) is 17.4. The van der Waals surface area contributed by atoms with Crippen LogP contribution in [0.2, 0.25) is 0 Å². The monoisotopic (exact) mass is 273 g/mol. The van der Waals surface area contributed by atoms with Crippen molar-refractivity contribution in [2.75, 3.05) is 6.54 Å². The van der Waals surface area contributed by atoms with Crippen LogP contribution in [0.25, 0.3) is 0 Å². The summed E-state index contributed by atoms with van der Waals surface area (Å²) in [6.45, 7) is 4.71.